The molecule has 0 aromatic heterocycles. The highest BCUT2D eigenvalue weighted by Crippen LogP contribution is 2.19. The number of benzene rings is 2. The summed E-state index contributed by atoms with van der Waals surface area (Å²) in [7, 11) is 2.11. The fourth-order valence-corrected chi connectivity index (χ4v) is 1.95. The second-order valence-electron chi connectivity index (χ2n) is 4.87. The lowest BCUT2D eigenvalue weighted by Crippen LogP contribution is -2.16. The Labute approximate surface area is 109 Å². The molecule has 0 aliphatic heterocycles. The Morgan fingerprint density at radius 3 is 2.22 bits per heavy atom. The molecule has 2 N–H and O–H groups in total. The molecule has 0 heterocycles. The predicted molar refractivity (Wildman–Crippen MR) is 78.9 cm³/mol. The maximum absolute atomic E-state index is 5.69. The van der Waals surface area contributed by atoms with Crippen LogP contribution < -0.4 is 10.6 Å². The van der Waals surface area contributed by atoms with Gasteiger partial charge in [-0.2, -0.15) is 0 Å². The molecule has 0 fully saturated rings. The fourth-order valence-electron chi connectivity index (χ4n) is 1.95. The molecule has 0 saturated carbocycles. The SMILES string of the molecule is Cc1ccc(N(C)Cc2ccc(N)cc2)cc1C. The smallest absolute Gasteiger partial charge is 0.0426 e. The largest absolute Gasteiger partial charge is 0.399 e. The maximum Gasteiger partial charge on any atom is 0.0426 e. The average molecular weight is 240 g/mol. The van der Waals surface area contributed by atoms with E-state index < -0.39 is 0 Å². The maximum atomic E-state index is 5.69. The van der Waals surface area contributed by atoms with Crippen LogP contribution in [0.15, 0.2) is 42.5 Å². The van der Waals surface area contributed by atoms with Gasteiger partial charge in [0.25, 0.3) is 0 Å². The Balaban J connectivity index is 2.13. The number of rotatable bonds is 3. The first-order valence-corrected chi connectivity index (χ1v) is 6.19. The average Bonchev–Trinajstić information content (AvgIpc) is 2.35. The van der Waals surface area contributed by atoms with Crippen LogP contribution in [0.1, 0.15) is 16.7 Å². The van der Waals surface area contributed by atoms with Gasteiger partial charge in [-0.1, -0.05) is 18.2 Å². The van der Waals surface area contributed by atoms with Crippen LogP contribution in [-0.2, 0) is 6.54 Å². The number of nitrogens with zero attached hydrogens (tertiary/aromatic N) is 1. The van der Waals surface area contributed by atoms with Crippen LogP contribution in [0.4, 0.5) is 11.4 Å². The Kier molecular flexibility index (Phi) is 3.56. The third-order valence-electron chi connectivity index (χ3n) is 3.33. The first-order valence-electron chi connectivity index (χ1n) is 6.19. The molecule has 2 nitrogen and oxygen atoms in total. The first kappa shape index (κ1) is 12.5. The van der Waals surface area contributed by atoms with Crippen molar-refractivity contribution in [2.45, 2.75) is 20.4 Å². The van der Waals surface area contributed by atoms with E-state index in [-0.39, 0.29) is 0 Å². The topological polar surface area (TPSA) is 29.3 Å². The lowest BCUT2D eigenvalue weighted by atomic mass is 10.1. The summed E-state index contributed by atoms with van der Waals surface area (Å²) in [5.74, 6) is 0. The predicted octanol–water partition coefficient (Wildman–Crippen LogP) is 3.52. The summed E-state index contributed by atoms with van der Waals surface area (Å²) in [6.07, 6.45) is 0. The molecule has 18 heavy (non-hydrogen) atoms. The molecule has 0 bridgehead atoms. The van der Waals surface area contributed by atoms with E-state index in [1.807, 2.05) is 12.1 Å². The van der Waals surface area contributed by atoms with Crippen molar-refractivity contribution in [3.8, 4) is 0 Å². The molecule has 2 heteroatoms. The van der Waals surface area contributed by atoms with Gasteiger partial charge in [0.2, 0.25) is 0 Å². The fraction of sp³-hybridized carbons (Fsp3) is 0.250. The summed E-state index contributed by atoms with van der Waals surface area (Å²) in [6.45, 7) is 5.18. The van der Waals surface area contributed by atoms with Crippen molar-refractivity contribution < 1.29 is 0 Å². The lowest BCUT2D eigenvalue weighted by Gasteiger charge is -2.20. The highest BCUT2D eigenvalue weighted by atomic mass is 15.1. The third-order valence-corrected chi connectivity index (χ3v) is 3.33. The Bertz CT molecular complexity index is 529. The Morgan fingerprint density at radius 2 is 1.61 bits per heavy atom. The van der Waals surface area contributed by atoms with Crippen LogP contribution in [0.2, 0.25) is 0 Å². The van der Waals surface area contributed by atoms with Gasteiger partial charge in [0.1, 0.15) is 0 Å². The zero-order valence-electron chi connectivity index (χ0n) is 11.3. The third kappa shape index (κ3) is 2.83. The second kappa shape index (κ2) is 5.13. The number of nitrogens with two attached hydrogens (primary N) is 1. The van der Waals surface area contributed by atoms with E-state index in [9.17, 15) is 0 Å². The van der Waals surface area contributed by atoms with Crippen LogP contribution in [-0.4, -0.2) is 7.05 Å². The van der Waals surface area contributed by atoms with Crippen molar-refractivity contribution in [1.29, 1.82) is 0 Å². The minimum absolute atomic E-state index is 0.813. The minimum Gasteiger partial charge on any atom is -0.399 e. The molecule has 94 valence electrons. The van der Waals surface area contributed by atoms with E-state index in [0.29, 0.717) is 0 Å². The van der Waals surface area contributed by atoms with Crippen LogP contribution >= 0.6 is 0 Å². The van der Waals surface area contributed by atoms with E-state index in [1.54, 1.807) is 0 Å². The minimum atomic E-state index is 0.813. The van der Waals surface area contributed by atoms with Crippen LogP contribution in [0.5, 0.6) is 0 Å². The van der Waals surface area contributed by atoms with Crippen LogP contribution in [0, 0.1) is 13.8 Å². The summed E-state index contributed by atoms with van der Waals surface area (Å²) >= 11 is 0. The van der Waals surface area contributed by atoms with E-state index in [1.165, 1.54) is 22.4 Å². The van der Waals surface area contributed by atoms with Gasteiger partial charge in [-0.15, -0.1) is 0 Å². The molecule has 0 unspecified atom stereocenters. The van der Waals surface area contributed by atoms with Gasteiger partial charge in [-0.05, 0) is 54.8 Å². The number of hydrogen-bond acceptors (Lipinski definition) is 2. The monoisotopic (exact) mass is 240 g/mol. The molecular formula is C16H20N2. The molecular weight excluding hydrogens is 220 g/mol. The molecule has 0 spiro atoms. The molecule has 2 rings (SSSR count). The molecule has 0 aliphatic rings. The van der Waals surface area contributed by atoms with Gasteiger partial charge in [0.15, 0.2) is 0 Å². The number of aryl methyl sites for hydroxylation is 2. The summed E-state index contributed by atoms with van der Waals surface area (Å²) < 4.78 is 0. The van der Waals surface area contributed by atoms with E-state index in [0.717, 1.165) is 12.2 Å². The van der Waals surface area contributed by atoms with Crippen molar-refractivity contribution in [2.24, 2.45) is 0 Å². The summed E-state index contributed by atoms with van der Waals surface area (Å²) in [5.41, 5.74) is 11.7. The van der Waals surface area contributed by atoms with Gasteiger partial charge in [0.05, 0.1) is 0 Å². The Morgan fingerprint density at radius 1 is 0.944 bits per heavy atom. The molecule has 0 amide bonds. The molecule has 0 aliphatic carbocycles. The summed E-state index contributed by atoms with van der Waals surface area (Å²) in [6, 6.07) is 14.6. The molecule has 0 saturated heterocycles. The van der Waals surface area contributed by atoms with Crippen molar-refractivity contribution in [2.75, 3.05) is 17.7 Å². The van der Waals surface area contributed by atoms with Crippen LogP contribution in [0.25, 0.3) is 0 Å². The van der Waals surface area contributed by atoms with E-state index in [4.69, 9.17) is 5.73 Å². The highest BCUT2D eigenvalue weighted by Gasteiger charge is 2.03. The normalized spacial score (nSPS) is 10.4. The summed E-state index contributed by atoms with van der Waals surface area (Å²) in [5, 5.41) is 0. The highest BCUT2D eigenvalue weighted by molar-refractivity contribution is 5.50. The molecule has 0 atom stereocenters. The molecule has 2 aromatic carbocycles. The van der Waals surface area contributed by atoms with E-state index >= 15 is 0 Å². The van der Waals surface area contributed by atoms with Crippen molar-refractivity contribution in [3.05, 3.63) is 59.2 Å². The summed E-state index contributed by atoms with van der Waals surface area (Å²) in [4.78, 5) is 2.25. The van der Waals surface area contributed by atoms with Crippen LogP contribution in [0.3, 0.4) is 0 Å². The quantitative estimate of drug-likeness (QED) is 0.832. The standard InChI is InChI=1S/C16H20N2/c1-12-4-9-16(10-13(12)2)18(3)11-14-5-7-15(17)8-6-14/h4-10H,11,17H2,1-3H3. The Hall–Kier alpha value is -1.96. The number of hydrogen-bond donors (Lipinski definition) is 1. The van der Waals surface area contributed by atoms with Gasteiger partial charge in [-0.3, -0.25) is 0 Å². The van der Waals surface area contributed by atoms with Crippen molar-refractivity contribution in [3.63, 3.8) is 0 Å². The molecule has 0 radical (unpaired) electrons. The van der Waals surface area contributed by atoms with Gasteiger partial charge in [0, 0.05) is 25.0 Å². The number of anilines is 2. The zero-order valence-corrected chi connectivity index (χ0v) is 11.3. The number of nitrogen functional groups attached to an aromatic ring is 1. The van der Waals surface area contributed by atoms with Gasteiger partial charge in [-0.25, -0.2) is 0 Å². The van der Waals surface area contributed by atoms with E-state index in [2.05, 4.69) is 56.1 Å². The second-order valence-corrected chi connectivity index (χ2v) is 4.87. The lowest BCUT2D eigenvalue weighted by molar-refractivity contribution is 0.921. The first-order chi connectivity index (χ1) is 8.56. The van der Waals surface area contributed by atoms with Gasteiger partial charge < -0.3 is 10.6 Å². The van der Waals surface area contributed by atoms with Crippen molar-refractivity contribution >= 4 is 11.4 Å². The molecule has 2 aromatic rings. The van der Waals surface area contributed by atoms with Crippen molar-refractivity contribution in [1.82, 2.24) is 0 Å². The zero-order chi connectivity index (χ0) is 13.1. The van der Waals surface area contributed by atoms with Gasteiger partial charge >= 0.3 is 0 Å².